The first kappa shape index (κ1) is 23.8. The Kier molecular flexibility index (Phi) is 5.67. The van der Waals surface area contributed by atoms with Crippen molar-refractivity contribution in [2.24, 2.45) is 0 Å². The van der Waals surface area contributed by atoms with Crippen LogP contribution in [0.5, 0.6) is 0 Å². The number of nitrogens with zero attached hydrogens (tertiary/aromatic N) is 3. The normalized spacial score (nSPS) is 15.4. The molecule has 5 aromatic rings. The lowest BCUT2D eigenvalue weighted by atomic mass is 10.1. The van der Waals surface area contributed by atoms with Gasteiger partial charge in [0.1, 0.15) is 6.04 Å². The molecular formula is C28H22F3N5O2. The summed E-state index contributed by atoms with van der Waals surface area (Å²) in [6, 6.07) is 18.8. The van der Waals surface area contributed by atoms with Gasteiger partial charge in [0, 0.05) is 29.3 Å². The molecule has 0 saturated carbocycles. The first-order chi connectivity index (χ1) is 18.3. The van der Waals surface area contributed by atoms with Gasteiger partial charge in [-0.05, 0) is 48.4 Å². The highest BCUT2D eigenvalue weighted by atomic mass is 19.4. The van der Waals surface area contributed by atoms with E-state index < -0.39 is 23.7 Å². The van der Waals surface area contributed by atoms with Gasteiger partial charge in [-0.1, -0.05) is 36.4 Å². The average molecular weight is 518 g/mol. The van der Waals surface area contributed by atoms with E-state index in [1.807, 2.05) is 54.7 Å². The maximum Gasteiger partial charge on any atom is 0.416 e. The van der Waals surface area contributed by atoms with Crippen LogP contribution in [-0.4, -0.2) is 32.9 Å². The second-order valence-corrected chi connectivity index (χ2v) is 9.22. The average Bonchev–Trinajstić information content (AvgIpc) is 3.55. The highest BCUT2D eigenvalue weighted by Crippen LogP contribution is 2.37. The quantitative estimate of drug-likeness (QED) is 0.303. The van der Waals surface area contributed by atoms with Crippen LogP contribution in [0.1, 0.15) is 23.6 Å². The number of H-pyrrole nitrogens is 1. The molecule has 0 unspecified atom stereocenters. The van der Waals surface area contributed by atoms with E-state index in [1.165, 1.54) is 12.1 Å². The third-order valence-corrected chi connectivity index (χ3v) is 6.81. The topological polar surface area (TPSA) is 83.0 Å². The van der Waals surface area contributed by atoms with Crippen molar-refractivity contribution in [2.45, 2.75) is 25.1 Å². The lowest BCUT2D eigenvalue weighted by Gasteiger charge is -2.16. The third kappa shape index (κ3) is 4.17. The van der Waals surface area contributed by atoms with Crippen molar-refractivity contribution in [3.63, 3.8) is 0 Å². The van der Waals surface area contributed by atoms with Gasteiger partial charge in [0.2, 0.25) is 11.9 Å². The number of benzene rings is 3. The van der Waals surface area contributed by atoms with E-state index in [1.54, 1.807) is 9.47 Å². The number of hydrogen-bond donors (Lipinski definition) is 2. The van der Waals surface area contributed by atoms with Crippen LogP contribution in [0, 0.1) is 0 Å². The first-order valence-electron chi connectivity index (χ1n) is 12.1. The molecule has 1 aliphatic heterocycles. The van der Waals surface area contributed by atoms with Crippen molar-refractivity contribution in [1.82, 2.24) is 14.5 Å². The molecule has 0 aliphatic carbocycles. The molecular weight excluding hydrogens is 495 g/mol. The molecule has 7 nitrogen and oxygen atoms in total. The maximum absolute atomic E-state index is 13.6. The number of anilines is 2. The Morgan fingerprint density at radius 2 is 1.82 bits per heavy atom. The van der Waals surface area contributed by atoms with Crippen LogP contribution < -0.4 is 10.2 Å². The number of alkyl halides is 3. The molecule has 0 radical (unpaired) electrons. The number of imidazole rings is 1. The van der Waals surface area contributed by atoms with Crippen LogP contribution in [0.2, 0.25) is 0 Å². The summed E-state index contributed by atoms with van der Waals surface area (Å²) in [5.74, 6) is -0.393. The van der Waals surface area contributed by atoms with Crippen molar-refractivity contribution in [3.8, 4) is 0 Å². The summed E-state index contributed by atoms with van der Waals surface area (Å²) in [7, 11) is 0. The van der Waals surface area contributed by atoms with E-state index in [0.717, 1.165) is 28.6 Å². The number of rotatable bonds is 6. The number of nitrogens with one attached hydrogen (secondary N) is 2. The van der Waals surface area contributed by atoms with Gasteiger partial charge in [0.25, 0.3) is 5.91 Å². The van der Waals surface area contributed by atoms with Gasteiger partial charge in [-0.2, -0.15) is 13.2 Å². The predicted molar refractivity (Wildman–Crippen MR) is 138 cm³/mol. The molecule has 3 aromatic carbocycles. The van der Waals surface area contributed by atoms with E-state index in [-0.39, 0.29) is 18.0 Å². The van der Waals surface area contributed by atoms with Crippen LogP contribution >= 0.6 is 0 Å². The highest BCUT2D eigenvalue weighted by Gasteiger charge is 2.40. The highest BCUT2D eigenvalue weighted by molar-refractivity contribution is 6.05. The largest absolute Gasteiger partial charge is 0.416 e. The van der Waals surface area contributed by atoms with Crippen LogP contribution in [-0.2, 0) is 22.2 Å². The van der Waals surface area contributed by atoms with Gasteiger partial charge in [0.15, 0.2) is 0 Å². The zero-order chi connectivity index (χ0) is 26.4. The van der Waals surface area contributed by atoms with Crippen LogP contribution in [0.3, 0.4) is 0 Å². The summed E-state index contributed by atoms with van der Waals surface area (Å²) in [5.41, 5.74) is 2.62. The Morgan fingerprint density at radius 3 is 2.66 bits per heavy atom. The molecule has 10 heteroatoms. The fraction of sp³-hybridized carbons (Fsp3) is 0.179. The lowest BCUT2D eigenvalue weighted by Crippen LogP contribution is -2.33. The molecule has 38 heavy (non-hydrogen) atoms. The Morgan fingerprint density at radius 1 is 1.03 bits per heavy atom. The standard InChI is InChI=1S/C28H22F3N5O2/c29-28(30,31)18-6-5-7-19(14-18)33-25(37)15-24-26(38)35(27-34-22-10-3-4-11-23(22)36(24)27)13-12-17-16-32-21-9-2-1-8-20(17)21/h1-11,14,16,24,32H,12-13,15H2,(H,33,37)/t24-/m0/s1. The second kappa shape index (κ2) is 9.05. The minimum absolute atomic E-state index is 0.0159. The van der Waals surface area contributed by atoms with E-state index in [2.05, 4.69) is 15.3 Å². The second-order valence-electron chi connectivity index (χ2n) is 9.22. The number of halogens is 3. The van der Waals surface area contributed by atoms with E-state index in [0.29, 0.717) is 29.9 Å². The molecule has 6 rings (SSSR count). The van der Waals surface area contributed by atoms with Crippen molar-refractivity contribution in [2.75, 3.05) is 16.8 Å². The molecule has 192 valence electrons. The van der Waals surface area contributed by atoms with Crippen molar-refractivity contribution < 1.29 is 22.8 Å². The summed E-state index contributed by atoms with van der Waals surface area (Å²) in [5, 5.41) is 3.59. The fourth-order valence-electron chi connectivity index (χ4n) is 5.04. The maximum atomic E-state index is 13.6. The molecule has 1 aliphatic rings. The summed E-state index contributed by atoms with van der Waals surface area (Å²) in [4.78, 5) is 36.0. The minimum atomic E-state index is -4.53. The molecule has 2 aromatic heterocycles. The number of carbonyl (C=O) groups excluding carboxylic acids is 2. The Bertz CT molecular complexity index is 1690. The number of fused-ring (bicyclic) bond motifs is 4. The molecule has 2 amide bonds. The van der Waals surface area contributed by atoms with Crippen molar-refractivity contribution in [1.29, 1.82) is 0 Å². The third-order valence-electron chi connectivity index (χ3n) is 6.81. The number of amides is 2. The Hall–Kier alpha value is -4.60. The Balaban J connectivity index is 1.26. The van der Waals surface area contributed by atoms with Crippen LogP contribution in [0.25, 0.3) is 21.9 Å². The fourth-order valence-corrected chi connectivity index (χ4v) is 5.04. The SMILES string of the molecule is O=C(C[C@H]1C(=O)N(CCc2c[nH]c3ccccc23)c2nc3ccccc3n21)Nc1cccc(C(F)(F)F)c1. The monoisotopic (exact) mass is 517 g/mol. The van der Waals surface area contributed by atoms with Gasteiger partial charge in [-0.15, -0.1) is 0 Å². The van der Waals surface area contributed by atoms with E-state index >= 15 is 0 Å². The van der Waals surface area contributed by atoms with E-state index in [9.17, 15) is 22.8 Å². The molecule has 0 fully saturated rings. The predicted octanol–water partition coefficient (Wildman–Crippen LogP) is 5.70. The van der Waals surface area contributed by atoms with Crippen molar-refractivity contribution >= 4 is 45.4 Å². The van der Waals surface area contributed by atoms with Gasteiger partial charge < -0.3 is 10.3 Å². The minimum Gasteiger partial charge on any atom is -0.361 e. The van der Waals surface area contributed by atoms with Gasteiger partial charge in [-0.3, -0.25) is 19.1 Å². The summed E-state index contributed by atoms with van der Waals surface area (Å²) < 4.78 is 41.0. The molecule has 0 saturated heterocycles. The molecule has 1 atom stereocenters. The Labute approximate surface area is 214 Å². The molecule has 0 spiro atoms. The summed E-state index contributed by atoms with van der Waals surface area (Å²) in [6.45, 7) is 0.357. The number of aromatic amines is 1. The van der Waals surface area contributed by atoms with Gasteiger partial charge in [-0.25, -0.2) is 4.98 Å². The summed E-state index contributed by atoms with van der Waals surface area (Å²) in [6.07, 6.45) is -2.28. The van der Waals surface area contributed by atoms with Gasteiger partial charge in [0.05, 0.1) is 23.0 Å². The van der Waals surface area contributed by atoms with Crippen molar-refractivity contribution in [3.05, 3.63) is 90.1 Å². The van der Waals surface area contributed by atoms with Crippen LogP contribution in [0.15, 0.2) is 79.0 Å². The lowest BCUT2D eigenvalue weighted by molar-refractivity contribution is -0.137. The number of hydrogen-bond acceptors (Lipinski definition) is 3. The number of aromatic nitrogens is 3. The molecule has 0 bridgehead atoms. The molecule has 2 N–H and O–H groups in total. The summed E-state index contributed by atoms with van der Waals surface area (Å²) >= 11 is 0. The van der Waals surface area contributed by atoms with Gasteiger partial charge >= 0.3 is 6.18 Å². The zero-order valence-corrected chi connectivity index (χ0v) is 20.0. The number of para-hydroxylation sites is 3. The van der Waals surface area contributed by atoms with Crippen LogP contribution in [0.4, 0.5) is 24.8 Å². The molecule has 3 heterocycles. The first-order valence-corrected chi connectivity index (χ1v) is 12.1. The van der Waals surface area contributed by atoms with E-state index in [4.69, 9.17) is 0 Å². The number of carbonyl (C=O) groups is 2. The zero-order valence-electron chi connectivity index (χ0n) is 20.0. The smallest absolute Gasteiger partial charge is 0.361 e.